The molecular formula is C22H14Br2Cl2N2O2S2. The predicted molar refractivity (Wildman–Crippen MR) is 136 cm³/mol. The maximum Gasteiger partial charge on any atom is 0.208 e. The van der Waals surface area contributed by atoms with E-state index in [4.69, 9.17) is 23.2 Å². The lowest BCUT2D eigenvalue weighted by Crippen LogP contribution is -2.02. The van der Waals surface area contributed by atoms with Crippen molar-refractivity contribution in [1.82, 2.24) is 9.97 Å². The normalized spacial score (nSPS) is 10.9. The lowest BCUT2D eigenvalue weighted by molar-refractivity contribution is 0.595. The van der Waals surface area contributed by atoms with E-state index in [1.165, 1.54) is 35.4 Å². The minimum atomic E-state index is -3.51. The fourth-order valence-corrected chi connectivity index (χ4v) is 5.08. The highest BCUT2D eigenvalue weighted by Crippen LogP contribution is 2.28. The number of aromatic nitrogens is 2. The van der Waals surface area contributed by atoms with Gasteiger partial charge in [-0.25, -0.2) is 18.4 Å². The molecule has 0 unspecified atom stereocenters. The Morgan fingerprint density at radius 3 is 1.59 bits per heavy atom. The molecule has 4 aromatic rings. The van der Waals surface area contributed by atoms with Gasteiger partial charge in [0.15, 0.2) is 0 Å². The molecule has 0 saturated heterocycles. The number of rotatable bonds is 4. The first-order valence-electron chi connectivity index (χ1n) is 8.91. The van der Waals surface area contributed by atoms with E-state index in [-0.39, 0.29) is 14.9 Å². The van der Waals surface area contributed by atoms with E-state index in [1.54, 1.807) is 36.2 Å². The van der Waals surface area contributed by atoms with Gasteiger partial charge in [0.1, 0.15) is 10.3 Å². The molecule has 2 heterocycles. The van der Waals surface area contributed by atoms with Crippen molar-refractivity contribution in [1.29, 1.82) is 0 Å². The van der Waals surface area contributed by atoms with Crippen LogP contribution in [0.4, 0.5) is 0 Å². The van der Waals surface area contributed by atoms with E-state index in [0.717, 1.165) is 13.8 Å². The molecule has 2 aromatic heterocycles. The van der Waals surface area contributed by atoms with Crippen molar-refractivity contribution in [2.45, 2.75) is 19.6 Å². The molecule has 0 saturated carbocycles. The zero-order chi connectivity index (χ0) is 23.1. The number of sulfone groups is 1. The van der Waals surface area contributed by atoms with Gasteiger partial charge in [-0.1, -0.05) is 66.8 Å². The van der Waals surface area contributed by atoms with Gasteiger partial charge in [-0.3, -0.25) is 0 Å². The number of nitrogens with zero attached hydrogens (tertiary/aromatic N) is 2. The topological polar surface area (TPSA) is 59.9 Å². The van der Waals surface area contributed by atoms with E-state index in [0.29, 0.717) is 5.15 Å². The predicted octanol–water partition coefficient (Wildman–Crippen LogP) is 7.98. The summed E-state index contributed by atoms with van der Waals surface area (Å²) in [6.45, 7) is 0. The molecule has 32 heavy (non-hydrogen) atoms. The fourth-order valence-electron chi connectivity index (χ4n) is 2.33. The highest BCUT2D eigenvalue weighted by Gasteiger charge is 2.17. The first-order valence-corrected chi connectivity index (χ1v) is 13.6. The molecule has 10 heteroatoms. The van der Waals surface area contributed by atoms with Gasteiger partial charge in [-0.2, -0.15) is 0 Å². The molecule has 2 aromatic carbocycles. The Kier molecular flexibility index (Phi) is 9.16. The average Bonchev–Trinajstić information content (AvgIpc) is 2.78. The Hall–Kier alpha value is -1.42. The summed E-state index contributed by atoms with van der Waals surface area (Å²) in [5.41, 5.74) is 0. The lowest BCUT2D eigenvalue weighted by Gasteiger charge is -2.04. The molecular weight excluding hydrogens is 619 g/mol. The van der Waals surface area contributed by atoms with Gasteiger partial charge >= 0.3 is 0 Å². The molecule has 0 aliphatic rings. The first-order chi connectivity index (χ1) is 15.2. The Morgan fingerprint density at radius 2 is 1.09 bits per heavy atom. The Morgan fingerprint density at radius 1 is 0.625 bits per heavy atom. The second kappa shape index (κ2) is 11.6. The third-order valence-electron chi connectivity index (χ3n) is 3.88. The van der Waals surface area contributed by atoms with Gasteiger partial charge in [-0.15, -0.1) is 0 Å². The summed E-state index contributed by atoms with van der Waals surface area (Å²) in [4.78, 5) is 10.4. The second-order valence-corrected chi connectivity index (χ2v) is 11.8. The molecule has 0 radical (unpaired) electrons. The quantitative estimate of drug-likeness (QED) is 0.214. The highest BCUT2D eigenvalue weighted by atomic mass is 79.9. The van der Waals surface area contributed by atoms with Crippen molar-refractivity contribution in [3.63, 3.8) is 0 Å². The molecule has 0 aliphatic heterocycles. The maximum atomic E-state index is 12.2. The molecule has 0 amide bonds. The van der Waals surface area contributed by atoms with E-state index in [1.807, 2.05) is 18.2 Å². The van der Waals surface area contributed by atoms with Gasteiger partial charge in [0, 0.05) is 31.1 Å². The molecule has 0 fully saturated rings. The minimum absolute atomic E-state index is 0.129. The largest absolute Gasteiger partial charge is 0.243 e. The number of pyridine rings is 2. The fraction of sp³-hybridized carbons (Fsp3) is 0. The summed E-state index contributed by atoms with van der Waals surface area (Å²) >= 11 is 19.6. The van der Waals surface area contributed by atoms with Crippen molar-refractivity contribution >= 4 is 76.7 Å². The number of halogens is 4. The Balaban J connectivity index is 0.000000182. The summed E-state index contributed by atoms with van der Waals surface area (Å²) in [5, 5.41) is 0.787. The molecule has 0 atom stereocenters. The second-order valence-electron chi connectivity index (χ2n) is 6.15. The van der Waals surface area contributed by atoms with Crippen LogP contribution >= 0.6 is 66.8 Å². The smallest absolute Gasteiger partial charge is 0.208 e. The molecule has 4 nitrogen and oxygen atoms in total. The lowest BCUT2D eigenvalue weighted by atomic mass is 10.4. The van der Waals surface area contributed by atoms with Gasteiger partial charge in [0.05, 0.1) is 9.79 Å². The van der Waals surface area contributed by atoms with E-state index in [9.17, 15) is 8.42 Å². The van der Waals surface area contributed by atoms with Gasteiger partial charge in [0.2, 0.25) is 9.84 Å². The first kappa shape index (κ1) is 25.2. The third-order valence-corrected chi connectivity index (χ3v) is 8.13. The molecule has 0 spiro atoms. The Labute approximate surface area is 217 Å². The number of benzene rings is 2. The Bertz CT molecular complexity index is 1170. The van der Waals surface area contributed by atoms with Crippen LogP contribution in [0.25, 0.3) is 0 Å². The van der Waals surface area contributed by atoms with E-state index >= 15 is 0 Å². The van der Waals surface area contributed by atoms with Crippen LogP contribution in [0.2, 0.25) is 10.3 Å². The monoisotopic (exact) mass is 630 g/mol. The zero-order valence-corrected chi connectivity index (χ0v) is 22.4. The highest BCUT2D eigenvalue weighted by molar-refractivity contribution is 9.10. The maximum absolute atomic E-state index is 12.2. The van der Waals surface area contributed by atoms with Crippen LogP contribution in [0.3, 0.4) is 0 Å². The van der Waals surface area contributed by atoms with Gasteiger partial charge < -0.3 is 0 Å². The standard InChI is InChI=1S/C11H7BrClNO2S.C11H7BrClNS/c12-8-1-3-9(4-2-8)17(15,16)10-5-6-11(13)14-7-10;12-8-1-3-9(4-2-8)15-10-5-6-11(13)14-7-10/h1-7H;1-7H. The van der Waals surface area contributed by atoms with Crippen LogP contribution < -0.4 is 0 Å². The van der Waals surface area contributed by atoms with Crippen molar-refractivity contribution < 1.29 is 8.42 Å². The summed E-state index contributed by atoms with van der Waals surface area (Å²) in [5.74, 6) is 0. The van der Waals surface area contributed by atoms with Crippen LogP contribution in [0.5, 0.6) is 0 Å². The molecule has 0 bridgehead atoms. The average molecular weight is 633 g/mol. The van der Waals surface area contributed by atoms with E-state index in [2.05, 4.69) is 54.0 Å². The third kappa shape index (κ3) is 7.30. The summed E-state index contributed by atoms with van der Waals surface area (Å²) in [7, 11) is -3.51. The molecule has 164 valence electrons. The van der Waals surface area contributed by atoms with Gasteiger partial charge in [-0.05, 0) is 72.8 Å². The van der Waals surface area contributed by atoms with Crippen LogP contribution in [-0.4, -0.2) is 18.4 Å². The van der Waals surface area contributed by atoms with Gasteiger partial charge in [0.25, 0.3) is 0 Å². The minimum Gasteiger partial charge on any atom is -0.243 e. The molecule has 4 rings (SSSR count). The van der Waals surface area contributed by atoms with E-state index < -0.39 is 9.84 Å². The zero-order valence-electron chi connectivity index (χ0n) is 16.1. The van der Waals surface area contributed by atoms with Crippen LogP contribution in [-0.2, 0) is 9.84 Å². The number of hydrogen-bond donors (Lipinski definition) is 0. The summed E-state index contributed by atoms with van der Waals surface area (Å²) < 4.78 is 26.2. The van der Waals surface area contributed by atoms with Crippen LogP contribution in [0.1, 0.15) is 0 Å². The van der Waals surface area contributed by atoms with Crippen molar-refractivity contribution in [2.75, 3.05) is 0 Å². The molecule has 0 N–H and O–H groups in total. The van der Waals surface area contributed by atoms with Crippen LogP contribution in [0.15, 0.2) is 114 Å². The van der Waals surface area contributed by atoms with Crippen molar-refractivity contribution in [3.05, 3.63) is 104 Å². The van der Waals surface area contributed by atoms with Crippen molar-refractivity contribution in [3.8, 4) is 0 Å². The SMILES string of the molecule is Clc1ccc(Sc2ccc(Br)cc2)cn1.O=S(=O)(c1ccc(Br)cc1)c1ccc(Cl)nc1. The van der Waals surface area contributed by atoms with Crippen LogP contribution in [0, 0.1) is 0 Å². The molecule has 0 aliphatic carbocycles. The number of hydrogen-bond acceptors (Lipinski definition) is 5. The summed E-state index contributed by atoms with van der Waals surface area (Å²) in [6.07, 6.45) is 3.02. The summed E-state index contributed by atoms with van der Waals surface area (Å²) in [6, 6.07) is 21.2. The van der Waals surface area contributed by atoms with Crippen molar-refractivity contribution in [2.24, 2.45) is 0 Å².